The minimum atomic E-state index is 0.596. The number of aryl methyl sites for hydroxylation is 1. The van der Waals surface area contributed by atoms with E-state index in [9.17, 15) is 4.79 Å². The third-order valence-corrected chi connectivity index (χ3v) is 2.91. The topological polar surface area (TPSA) is 43.6 Å². The lowest BCUT2D eigenvalue weighted by Crippen LogP contribution is -1.95. The molecule has 2 aromatic heterocycles. The average molecular weight is 283 g/mol. The van der Waals surface area contributed by atoms with Crippen LogP contribution in [0.2, 0.25) is 0 Å². The molecule has 16 heavy (non-hydrogen) atoms. The molecule has 0 spiro atoms. The van der Waals surface area contributed by atoms with E-state index < -0.39 is 0 Å². The lowest BCUT2D eigenvalue weighted by molar-refractivity contribution is 0.112. The van der Waals surface area contributed by atoms with Crippen LogP contribution < -0.4 is 4.74 Å². The largest absolute Gasteiger partial charge is 0.492 e. The fourth-order valence-electron chi connectivity index (χ4n) is 1.63. The van der Waals surface area contributed by atoms with E-state index in [0.717, 1.165) is 22.0 Å². The van der Waals surface area contributed by atoms with E-state index in [1.54, 1.807) is 10.7 Å². The van der Waals surface area contributed by atoms with E-state index in [-0.39, 0.29) is 0 Å². The number of ether oxygens (including phenoxy) is 1. The van der Waals surface area contributed by atoms with E-state index in [4.69, 9.17) is 4.74 Å². The zero-order valence-corrected chi connectivity index (χ0v) is 10.6. The molecule has 4 nitrogen and oxygen atoms in total. The second-order valence-corrected chi connectivity index (χ2v) is 4.22. The van der Waals surface area contributed by atoms with E-state index in [1.165, 1.54) is 0 Å². The molecule has 0 unspecified atom stereocenters. The molecule has 0 atom stereocenters. The van der Waals surface area contributed by atoms with Gasteiger partial charge in [-0.05, 0) is 35.8 Å². The van der Waals surface area contributed by atoms with E-state index >= 15 is 0 Å². The van der Waals surface area contributed by atoms with Gasteiger partial charge in [-0.15, -0.1) is 0 Å². The van der Waals surface area contributed by atoms with Gasteiger partial charge in [-0.25, -0.2) is 4.52 Å². The molecule has 84 valence electrons. The summed E-state index contributed by atoms with van der Waals surface area (Å²) in [6.07, 6.45) is 2.59. The van der Waals surface area contributed by atoms with Gasteiger partial charge in [-0.3, -0.25) is 4.79 Å². The van der Waals surface area contributed by atoms with Crippen molar-refractivity contribution < 1.29 is 9.53 Å². The van der Waals surface area contributed by atoms with Crippen molar-refractivity contribution in [2.24, 2.45) is 0 Å². The molecule has 0 bridgehead atoms. The number of hydrogen-bond acceptors (Lipinski definition) is 3. The van der Waals surface area contributed by atoms with Crippen LogP contribution in [0.1, 0.15) is 23.0 Å². The van der Waals surface area contributed by atoms with Gasteiger partial charge in [0.05, 0.1) is 29.6 Å². The van der Waals surface area contributed by atoms with Gasteiger partial charge in [0.15, 0.2) is 6.29 Å². The highest BCUT2D eigenvalue weighted by Gasteiger charge is 2.12. The summed E-state index contributed by atoms with van der Waals surface area (Å²) in [4.78, 5) is 11.0. The van der Waals surface area contributed by atoms with Crippen molar-refractivity contribution in [1.82, 2.24) is 9.61 Å². The molecule has 0 aliphatic carbocycles. The molecule has 0 amide bonds. The maximum Gasteiger partial charge on any atom is 0.154 e. The Morgan fingerprint density at radius 3 is 3.00 bits per heavy atom. The first-order valence-corrected chi connectivity index (χ1v) is 5.73. The van der Waals surface area contributed by atoms with Gasteiger partial charge in [0.2, 0.25) is 0 Å². The summed E-state index contributed by atoms with van der Waals surface area (Å²) in [6.45, 7) is 4.32. The van der Waals surface area contributed by atoms with Crippen LogP contribution in [0.25, 0.3) is 5.52 Å². The fourth-order valence-corrected chi connectivity index (χ4v) is 2.25. The number of pyridine rings is 1. The second-order valence-electron chi connectivity index (χ2n) is 3.37. The molecule has 2 aromatic rings. The SMILES string of the molecule is CCOc1cc(Br)c2c(C=O)c(C)nn2c1. The highest BCUT2D eigenvalue weighted by Crippen LogP contribution is 2.27. The Kier molecular flexibility index (Phi) is 2.96. The Morgan fingerprint density at radius 2 is 2.38 bits per heavy atom. The van der Waals surface area contributed by atoms with Gasteiger partial charge in [-0.1, -0.05) is 0 Å². The highest BCUT2D eigenvalue weighted by atomic mass is 79.9. The first-order chi connectivity index (χ1) is 7.67. The number of fused-ring (bicyclic) bond motifs is 1. The monoisotopic (exact) mass is 282 g/mol. The smallest absolute Gasteiger partial charge is 0.154 e. The summed E-state index contributed by atoms with van der Waals surface area (Å²) < 4.78 is 7.87. The van der Waals surface area contributed by atoms with E-state index in [0.29, 0.717) is 17.9 Å². The van der Waals surface area contributed by atoms with Crippen molar-refractivity contribution in [2.45, 2.75) is 13.8 Å². The van der Waals surface area contributed by atoms with Gasteiger partial charge >= 0.3 is 0 Å². The summed E-state index contributed by atoms with van der Waals surface area (Å²) in [5.74, 6) is 0.724. The lowest BCUT2D eigenvalue weighted by Gasteiger charge is -2.05. The summed E-state index contributed by atoms with van der Waals surface area (Å²) in [5, 5.41) is 4.26. The van der Waals surface area contributed by atoms with Crippen molar-refractivity contribution in [2.75, 3.05) is 6.61 Å². The fraction of sp³-hybridized carbons (Fsp3) is 0.273. The first-order valence-electron chi connectivity index (χ1n) is 4.93. The van der Waals surface area contributed by atoms with Gasteiger partial charge in [0.1, 0.15) is 5.75 Å². The summed E-state index contributed by atoms with van der Waals surface area (Å²) >= 11 is 3.42. The molecule has 5 heteroatoms. The normalized spacial score (nSPS) is 10.7. The van der Waals surface area contributed by atoms with Gasteiger partial charge in [0.25, 0.3) is 0 Å². The van der Waals surface area contributed by atoms with Crippen molar-refractivity contribution in [3.8, 4) is 5.75 Å². The average Bonchev–Trinajstić information content (AvgIpc) is 2.54. The zero-order chi connectivity index (χ0) is 11.7. The van der Waals surface area contributed by atoms with Crippen molar-refractivity contribution in [1.29, 1.82) is 0 Å². The summed E-state index contributed by atoms with van der Waals surface area (Å²) in [7, 11) is 0. The zero-order valence-electron chi connectivity index (χ0n) is 9.03. The Bertz CT molecular complexity index is 548. The van der Waals surface area contributed by atoms with Crippen LogP contribution in [-0.4, -0.2) is 22.5 Å². The summed E-state index contributed by atoms with van der Waals surface area (Å²) in [6, 6.07) is 1.84. The molecular weight excluding hydrogens is 272 g/mol. The van der Waals surface area contributed by atoms with Gasteiger partial charge < -0.3 is 4.74 Å². The number of carbonyl (C=O) groups excluding carboxylic acids is 1. The van der Waals surface area contributed by atoms with Gasteiger partial charge in [-0.2, -0.15) is 5.10 Å². The number of aldehydes is 1. The standard InChI is InChI=1S/C11H11BrN2O2/c1-3-16-8-4-10(12)11-9(6-15)7(2)13-14(11)5-8/h4-6H,3H2,1-2H3. The molecule has 0 aliphatic heterocycles. The van der Waals surface area contributed by atoms with Gasteiger partial charge in [0, 0.05) is 4.47 Å². The molecule has 0 N–H and O–H groups in total. The van der Waals surface area contributed by atoms with Crippen LogP contribution in [0.5, 0.6) is 5.75 Å². The van der Waals surface area contributed by atoms with Crippen LogP contribution in [0.4, 0.5) is 0 Å². The molecule has 0 aromatic carbocycles. The number of halogens is 1. The maximum absolute atomic E-state index is 11.0. The maximum atomic E-state index is 11.0. The Balaban J connectivity index is 2.71. The molecule has 0 fully saturated rings. The molecule has 2 heterocycles. The minimum Gasteiger partial charge on any atom is -0.492 e. The quantitative estimate of drug-likeness (QED) is 0.813. The van der Waals surface area contributed by atoms with Crippen molar-refractivity contribution >= 4 is 27.7 Å². The second kappa shape index (κ2) is 4.25. The van der Waals surface area contributed by atoms with Crippen molar-refractivity contribution in [3.63, 3.8) is 0 Å². The van der Waals surface area contributed by atoms with E-state index in [1.807, 2.05) is 19.9 Å². The van der Waals surface area contributed by atoms with Crippen LogP contribution in [0, 0.1) is 6.92 Å². The number of hydrogen-bond donors (Lipinski definition) is 0. The Labute approximate surface area is 101 Å². The molecule has 0 saturated carbocycles. The number of aromatic nitrogens is 2. The molecular formula is C11H11BrN2O2. The highest BCUT2D eigenvalue weighted by molar-refractivity contribution is 9.10. The predicted molar refractivity (Wildman–Crippen MR) is 64.2 cm³/mol. The number of rotatable bonds is 3. The lowest BCUT2D eigenvalue weighted by atomic mass is 10.2. The van der Waals surface area contributed by atoms with Crippen LogP contribution in [0.15, 0.2) is 16.7 Å². The van der Waals surface area contributed by atoms with Crippen molar-refractivity contribution in [3.05, 3.63) is 28.0 Å². The van der Waals surface area contributed by atoms with Crippen LogP contribution in [0.3, 0.4) is 0 Å². The third-order valence-electron chi connectivity index (χ3n) is 2.31. The minimum absolute atomic E-state index is 0.596. The molecule has 0 radical (unpaired) electrons. The first kappa shape index (κ1) is 11.1. The number of carbonyl (C=O) groups is 1. The van der Waals surface area contributed by atoms with Crippen LogP contribution in [-0.2, 0) is 0 Å². The third kappa shape index (κ3) is 1.71. The summed E-state index contributed by atoms with van der Waals surface area (Å²) in [5.41, 5.74) is 2.09. The Hall–Kier alpha value is -1.36. The Morgan fingerprint density at radius 1 is 1.62 bits per heavy atom. The van der Waals surface area contributed by atoms with Crippen LogP contribution >= 0.6 is 15.9 Å². The molecule has 0 saturated heterocycles. The molecule has 0 aliphatic rings. The predicted octanol–water partition coefficient (Wildman–Crippen LogP) is 2.62. The molecule has 2 rings (SSSR count). The number of nitrogens with zero attached hydrogens (tertiary/aromatic N) is 2. The van der Waals surface area contributed by atoms with E-state index in [2.05, 4.69) is 21.0 Å².